The number of carboxylic acids is 1. The Morgan fingerprint density at radius 2 is 2.05 bits per heavy atom. The summed E-state index contributed by atoms with van der Waals surface area (Å²) in [4.78, 5) is 27.4. The molecular weight excluding hydrogens is 264 g/mol. The molecule has 2 rings (SSSR count). The van der Waals surface area contributed by atoms with Gasteiger partial charge in [-0.25, -0.2) is 9.59 Å². The van der Waals surface area contributed by atoms with Crippen molar-refractivity contribution in [1.82, 2.24) is 9.80 Å². The van der Waals surface area contributed by atoms with Gasteiger partial charge in [0.15, 0.2) is 0 Å². The van der Waals surface area contributed by atoms with Crippen molar-refractivity contribution in [3.63, 3.8) is 0 Å². The molecule has 108 valence electrons. The van der Waals surface area contributed by atoms with Crippen molar-refractivity contribution in [3.05, 3.63) is 0 Å². The van der Waals surface area contributed by atoms with Gasteiger partial charge >= 0.3 is 12.0 Å². The van der Waals surface area contributed by atoms with E-state index < -0.39 is 12.0 Å². The van der Waals surface area contributed by atoms with Crippen LogP contribution in [0, 0.1) is 5.92 Å². The lowest BCUT2D eigenvalue weighted by Crippen LogP contribution is -2.52. The molecule has 19 heavy (non-hydrogen) atoms. The smallest absolute Gasteiger partial charge is 0.327 e. The molecule has 2 amide bonds. The Kier molecular flexibility index (Phi) is 4.28. The third-order valence-electron chi connectivity index (χ3n) is 3.98. The number of hydrogen-bond donors (Lipinski definition) is 1. The highest BCUT2D eigenvalue weighted by molar-refractivity contribution is 8.00. The van der Waals surface area contributed by atoms with Gasteiger partial charge < -0.3 is 10.0 Å². The minimum atomic E-state index is -0.892. The summed E-state index contributed by atoms with van der Waals surface area (Å²) in [6, 6.07) is -0.563. The molecular formula is C13H22N2O3S. The van der Waals surface area contributed by atoms with E-state index in [2.05, 4.69) is 6.92 Å². The number of nitrogens with zero attached hydrogens (tertiary/aromatic N) is 2. The lowest BCUT2D eigenvalue weighted by atomic mass is 10.1. The van der Waals surface area contributed by atoms with Crippen molar-refractivity contribution in [3.8, 4) is 0 Å². The maximum Gasteiger partial charge on any atom is 0.327 e. The third-order valence-corrected chi connectivity index (χ3v) is 5.43. The number of carbonyl (C=O) groups is 2. The Hall–Kier alpha value is -0.910. The molecule has 2 heterocycles. The molecule has 2 aliphatic rings. The quantitative estimate of drug-likeness (QED) is 0.844. The first-order valence-electron chi connectivity index (χ1n) is 6.89. The first-order valence-corrected chi connectivity index (χ1v) is 7.93. The van der Waals surface area contributed by atoms with Crippen LogP contribution in [-0.2, 0) is 4.79 Å². The van der Waals surface area contributed by atoms with Crippen LogP contribution in [0.5, 0.6) is 0 Å². The topological polar surface area (TPSA) is 60.9 Å². The van der Waals surface area contributed by atoms with Crippen LogP contribution in [0.15, 0.2) is 0 Å². The number of aliphatic carboxylic acids is 1. The summed E-state index contributed by atoms with van der Waals surface area (Å²) >= 11 is 1.57. The maximum atomic E-state index is 12.7. The van der Waals surface area contributed by atoms with Gasteiger partial charge in [0, 0.05) is 18.3 Å². The minimum absolute atomic E-state index is 0.00305. The Morgan fingerprint density at radius 3 is 2.53 bits per heavy atom. The molecule has 0 aromatic rings. The minimum Gasteiger partial charge on any atom is -0.480 e. The molecule has 2 aliphatic heterocycles. The van der Waals surface area contributed by atoms with Crippen LogP contribution in [0.4, 0.5) is 4.79 Å². The van der Waals surface area contributed by atoms with Crippen LogP contribution in [0.2, 0.25) is 0 Å². The predicted molar refractivity (Wildman–Crippen MR) is 75.1 cm³/mol. The molecule has 6 heteroatoms. The van der Waals surface area contributed by atoms with Gasteiger partial charge in [0.05, 0.1) is 5.37 Å². The standard InChI is InChI=1S/C13H22N2O3S/c1-4-11-15(10(7-19-11)12(16)17)13(18)14-6-8(2)5-9(14)3/h8-11H,4-7H2,1-3H3,(H,16,17). The van der Waals surface area contributed by atoms with Gasteiger partial charge in [-0.05, 0) is 25.7 Å². The molecule has 0 bridgehead atoms. The van der Waals surface area contributed by atoms with E-state index in [9.17, 15) is 14.7 Å². The van der Waals surface area contributed by atoms with E-state index in [0.717, 1.165) is 19.4 Å². The zero-order chi connectivity index (χ0) is 14.2. The highest BCUT2D eigenvalue weighted by atomic mass is 32.2. The van der Waals surface area contributed by atoms with Crippen LogP contribution in [0.1, 0.15) is 33.6 Å². The van der Waals surface area contributed by atoms with Crippen molar-refractivity contribution in [2.45, 2.75) is 51.1 Å². The van der Waals surface area contributed by atoms with Gasteiger partial charge in [-0.1, -0.05) is 13.8 Å². The lowest BCUT2D eigenvalue weighted by molar-refractivity contribution is -0.141. The van der Waals surface area contributed by atoms with Crippen molar-refractivity contribution >= 4 is 23.8 Å². The fraction of sp³-hybridized carbons (Fsp3) is 0.846. The number of thioether (sulfide) groups is 1. The summed E-state index contributed by atoms with van der Waals surface area (Å²) in [7, 11) is 0. The van der Waals surface area contributed by atoms with Gasteiger partial charge in [0.2, 0.25) is 0 Å². The molecule has 0 radical (unpaired) electrons. The zero-order valence-electron chi connectivity index (χ0n) is 11.7. The van der Waals surface area contributed by atoms with E-state index in [0.29, 0.717) is 11.7 Å². The van der Waals surface area contributed by atoms with Crippen molar-refractivity contribution in [1.29, 1.82) is 0 Å². The molecule has 0 aromatic heterocycles. The van der Waals surface area contributed by atoms with E-state index in [1.165, 1.54) is 0 Å². The number of carbonyl (C=O) groups excluding carboxylic acids is 1. The molecule has 0 aliphatic carbocycles. The van der Waals surface area contributed by atoms with Gasteiger partial charge in [-0.15, -0.1) is 11.8 Å². The van der Waals surface area contributed by atoms with Gasteiger partial charge in [-0.3, -0.25) is 4.90 Å². The number of rotatable bonds is 2. The molecule has 0 saturated carbocycles. The molecule has 2 fully saturated rings. The second-order valence-electron chi connectivity index (χ2n) is 5.58. The first kappa shape index (κ1) is 14.5. The van der Waals surface area contributed by atoms with Gasteiger partial charge in [0.1, 0.15) is 6.04 Å². The fourth-order valence-electron chi connectivity index (χ4n) is 3.04. The average molecular weight is 286 g/mol. The largest absolute Gasteiger partial charge is 0.480 e. The summed E-state index contributed by atoms with van der Waals surface area (Å²) in [5, 5.41) is 9.28. The van der Waals surface area contributed by atoms with Crippen molar-refractivity contribution in [2.24, 2.45) is 5.92 Å². The number of urea groups is 1. The lowest BCUT2D eigenvalue weighted by Gasteiger charge is -2.33. The Labute approximate surface area is 118 Å². The number of likely N-dealkylation sites (tertiary alicyclic amines) is 1. The Bertz CT molecular complexity index is 377. The molecule has 4 unspecified atom stereocenters. The van der Waals surface area contributed by atoms with E-state index in [-0.39, 0.29) is 17.4 Å². The van der Waals surface area contributed by atoms with Crippen LogP contribution in [0.3, 0.4) is 0 Å². The van der Waals surface area contributed by atoms with E-state index in [1.807, 2.05) is 18.7 Å². The second kappa shape index (κ2) is 5.61. The molecule has 5 nitrogen and oxygen atoms in total. The van der Waals surface area contributed by atoms with Gasteiger partial charge in [0.25, 0.3) is 0 Å². The molecule has 0 aromatic carbocycles. The molecule has 1 N–H and O–H groups in total. The highest BCUT2D eigenvalue weighted by Crippen LogP contribution is 2.34. The summed E-state index contributed by atoms with van der Waals surface area (Å²) in [5.74, 6) is 0.103. The Morgan fingerprint density at radius 1 is 1.37 bits per heavy atom. The summed E-state index contributed by atoms with van der Waals surface area (Å²) in [6.07, 6.45) is 1.79. The summed E-state index contributed by atoms with van der Waals surface area (Å²) in [5.41, 5.74) is 0. The Balaban J connectivity index is 2.17. The maximum absolute atomic E-state index is 12.7. The van der Waals surface area contributed by atoms with Crippen molar-refractivity contribution < 1.29 is 14.7 Å². The van der Waals surface area contributed by atoms with Crippen molar-refractivity contribution in [2.75, 3.05) is 12.3 Å². The van der Waals surface area contributed by atoms with Crippen LogP contribution in [0.25, 0.3) is 0 Å². The van der Waals surface area contributed by atoms with E-state index >= 15 is 0 Å². The van der Waals surface area contributed by atoms with Gasteiger partial charge in [-0.2, -0.15) is 0 Å². The molecule has 0 spiro atoms. The van der Waals surface area contributed by atoms with Crippen LogP contribution < -0.4 is 0 Å². The highest BCUT2D eigenvalue weighted by Gasteiger charge is 2.44. The fourth-order valence-corrected chi connectivity index (χ4v) is 4.38. The first-order chi connectivity index (χ1) is 8.95. The number of amides is 2. The second-order valence-corrected chi connectivity index (χ2v) is 6.79. The van der Waals surface area contributed by atoms with E-state index in [4.69, 9.17) is 0 Å². The van der Waals surface area contributed by atoms with E-state index in [1.54, 1.807) is 16.7 Å². The molecule has 4 atom stereocenters. The third kappa shape index (κ3) is 2.68. The number of carboxylic acid groups (broad SMARTS) is 1. The predicted octanol–water partition coefficient (Wildman–Crippen LogP) is 2.07. The summed E-state index contributed by atoms with van der Waals surface area (Å²) < 4.78 is 0. The molecule has 2 saturated heterocycles. The summed E-state index contributed by atoms with van der Waals surface area (Å²) in [6.45, 7) is 6.91. The normalized spacial score (nSPS) is 34.9. The average Bonchev–Trinajstić information content (AvgIpc) is 2.91. The SMILES string of the molecule is CCC1SCC(C(=O)O)N1C(=O)N1CC(C)CC1C. The monoisotopic (exact) mass is 286 g/mol. The zero-order valence-corrected chi connectivity index (χ0v) is 12.5. The van der Waals surface area contributed by atoms with Crippen LogP contribution in [-0.4, -0.2) is 56.7 Å². The number of hydrogen-bond acceptors (Lipinski definition) is 3. The van der Waals surface area contributed by atoms with Crippen LogP contribution >= 0.6 is 11.8 Å².